The van der Waals surface area contributed by atoms with Gasteiger partial charge < -0.3 is 20.1 Å². The van der Waals surface area contributed by atoms with E-state index in [9.17, 15) is 4.79 Å². The molecule has 0 saturated carbocycles. The van der Waals surface area contributed by atoms with E-state index in [1.165, 1.54) is 0 Å². The summed E-state index contributed by atoms with van der Waals surface area (Å²) in [5.41, 5.74) is 1.58. The minimum absolute atomic E-state index is 0.118. The molecule has 0 saturated heterocycles. The van der Waals surface area contributed by atoms with Gasteiger partial charge in [0.05, 0.1) is 19.8 Å². The van der Waals surface area contributed by atoms with Crippen molar-refractivity contribution >= 4 is 17.3 Å². The minimum atomic E-state index is -0.118. The Morgan fingerprint density at radius 1 is 0.913 bits per heavy atom. The van der Waals surface area contributed by atoms with Gasteiger partial charge in [0.25, 0.3) is 0 Å². The van der Waals surface area contributed by atoms with E-state index in [0.29, 0.717) is 13.2 Å². The highest BCUT2D eigenvalue weighted by Crippen LogP contribution is 2.18. The zero-order chi connectivity index (χ0) is 16.5. The van der Waals surface area contributed by atoms with Crippen LogP contribution in [0.2, 0.25) is 0 Å². The van der Waals surface area contributed by atoms with E-state index >= 15 is 0 Å². The van der Waals surface area contributed by atoms with Crippen LogP contribution in [-0.4, -0.2) is 25.7 Å². The van der Waals surface area contributed by atoms with Crippen LogP contribution in [0.1, 0.15) is 13.8 Å². The summed E-state index contributed by atoms with van der Waals surface area (Å²) in [6.45, 7) is 5.28. The molecule has 2 N–H and O–H groups in total. The van der Waals surface area contributed by atoms with Crippen molar-refractivity contribution in [3.63, 3.8) is 0 Å². The molecule has 0 atom stereocenters. The van der Waals surface area contributed by atoms with E-state index in [-0.39, 0.29) is 12.5 Å². The zero-order valence-corrected chi connectivity index (χ0v) is 13.5. The van der Waals surface area contributed by atoms with Gasteiger partial charge in [-0.1, -0.05) is 6.07 Å². The lowest BCUT2D eigenvalue weighted by Gasteiger charge is -2.10. The summed E-state index contributed by atoms with van der Waals surface area (Å²) in [6, 6.07) is 14.8. The predicted octanol–water partition coefficient (Wildman–Crippen LogP) is 3.53. The number of amides is 1. The maximum Gasteiger partial charge on any atom is 0.243 e. The molecule has 0 bridgehead atoms. The van der Waals surface area contributed by atoms with Crippen molar-refractivity contribution in [1.82, 2.24) is 0 Å². The summed E-state index contributed by atoms with van der Waals surface area (Å²) in [5.74, 6) is 1.44. The van der Waals surface area contributed by atoms with Crippen LogP contribution in [0.3, 0.4) is 0 Å². The molecule has 5 heteroatoms. The number of nitrogens with one attached hydrogen (secondary N) is 2. The van der Waals surface area contributed by atoms with Gasteiger partial charge in [-0.15, -0.1) is 0 Å². The Kier molecular flexibility index (Phi) is 6.29. The summed E-state index contributed by atoms with van der Waals surface area (Å²) in [5, 5.41) is 5.91. The van der Waals surface area contributed by atoms with Crippen LogP contribution in [0, 0.1) is 0 Å². The quantitative estimate of drug-likeness (QED) is 0.782. The fourth-order valence-electron chi connectivity index (χ4n) is 2.05. The molecular formula is C18H22N2O3. The first-order valence-corrected chi connectivity index (χ1v) is 7.70. The molecule has 1 amide bonds. The normalized spacial score (nSPS) is 10.0. The van der Waals surface area contributed by atoms with Crippen molar-refractivity contribution in [2.75, 3.05) is 30.4 Å². The number of anilines is 2. The van der Waals surface area contributed by atoms with E-state index in [1.807, 2.05) is 56.3 Å². The number of rotatable bonds is 8. The molecular weight excluding hydrogens is 292 g/mol. The smallest absolute Gasteiger partial charge is 0.243 e. The fraction of sp³-hybridized carbons (Fsp3) is 0.278. The SMILES string of the molecule is CCOc1ccc(NCC(=O)Nc2cccc(OCC)c2)cc1. The Bertz CT molecular complexity index is 626. The van der Waals surface area contributed by atoms with Gasteiger partial charge in [-0.25, -0.2) is 0 Å². The summed E-state index contributed by atoms with van der Waals surface area (Å²) in [6.07, 6.45) is 0. The standard InChI is InChI=1S/C18H22N2O3/c1-3-22-16-10-8-14(9-11-16)19-13-18(21)20-15-6-5-7-17(12-15)23-4-2/h5-12,19H,3-4,13H2,1-2H3,(H,20,21). The molecule has 122 valence electrons. The Labute approximate surface area is 136 Å². The predicted molar refractivity (Wildman–Crippen MR) is 92.3 cm³/mol. The second kappa shape index (κ2) is 8.68. The second-order valence-corrected chi connectivity index (χ2v) is 4.82. The first-order valence-electron chi connectivity index (χ1n) is 7.70. The zero-order valence-electron chi connectivity index (χ0n) is 13.5. The Morgan fingerprint density at radius 3 is 2.30 bits per heavy atom. The molecule has 0 aliphatic rings. The molecule has 2 rings (SSSR count). The molecule has 5 nitrogen and oxygen atoms in total. The van der Waals surface area contributed by atoms with Crippen molar-refractivity contribution in [2.45, 2.75) is 13.8 Å². The third kappa shape index (κ3) is 5.54. The van der Waals surface area contributed by atoms with Crippen molar-refractivity contribution < 1.29 is 14.3 Å². The van der Waals surface area contributed by atoms with Gasteiger partial charge in [-0.2, -0.15) is 0 Å². The molecule has 0 heterocycles. The summed E-state index contributed by atoms with van der Waals surface area (Å²) in [7, 11) is 0. The van der Waals surface area contributed by atoms with Gasteiger partial charge >= 0.3 is 0 Å². The van der Waals surface area contributed by atoms with Crippen molar-refractivity contribution in [1.29, 1.82) is 0 Å². The molecule has 23 heavy (non-hydrogen) atoms. The van der Waals surface area contributed by atoms with Gasteiger partial charge in [0.2, 0.25) is 5.91 Å². The number of carbonyl (C=O) groups is 1. The highest BCUT2D eigenvalue weighted by molar-refractivity contribution is 5.93. The third-order valence-electron chi connectivity index (χ3n) is 3.05. The highest BCUT2D eigenvalue weighted by Gasteiger charge is 2.04. The third-order valence-corrected chi connectivity index (χ3v) is 3.05. The van der Waals surface area contributed by atoms with E-state index in [4.69, 9.17) is 9.47 Å². The molecule has 2 aromatic carbocycles. The molecule has 0 aromatic heterocycles. The van der Waals surface area contributed by atoms with Gasteiger partial charge in [0.1, 0.15) is 11.5 Å². The number of benzene rings is 2. The van der Waals surface area contributed by atoms with Crippen LogP contribution in [0.15, 0.2) is 48.5 Å². The molecule has 0 radical (unpaired) electrons. The van der Waals surface area contributed by atoms with Crippen molar-refractivity contribution in [3.05, 3.63) is 48.5 Å². The Morgan fingerprint density at radius 2 is 1.61 bits per heavy atom. The van der Waals surface area contributed by atoms with Crippen LogP contribution in [0.5, 0.6) is 11.5 Å². The molecule has 0 unspecified atom stereocenters. The van der Waals surface area contributed by atoms with E-state index in [0.717, 1.165) is 22.9 Å². The lowest BCUT2D eigenvalue weighted by Crippen LogP contribution is -2.21. The van der Waals surface area contributed by atoms with Gasteiger partial charge in [-0.05, 0) is 50.2 Å². The van der Waals surface area contributed by atoms with Gasteiger partial charge in [-0.3, -0.25) is 4.79 Å². The van der Waals surface area contributed by atoms with Crippen LogP contribution in [-0.2, 0) is 4.79 Å². The number of hydrogen-bond acceptors (Lipinski definition) is 4. The lowest BCUT2D eigenvalue weighted by atomic mass is 10.3. The Balaban J connectivity index is 1.83. The van der Waals surface area contributed by atoms with E-state index in [1.54, 1.807) is 6.07 Å². The second-order valence-electron chi connectivity index (χ2n) is 4.82. The molecule has 2 aromatic rings. The maximum absolute atomic E-state index is 12.0. The number of ether oxygens (including phenoxy) is 2. The topological polar surface area (TPSA) is 59.6 Å². The average Bonchev–Trinajstić information content (AvgIpc) is 2.55. The van der Waals surface area contributed by atoms with Crippen LogP contribution >= 0.6 is 0 Å². The fourth-order valence-corrected chi connectivity index (χ4v) is 2.05. The lowest BCUT2D eigenvalue weighted by molar-refractivity contribution is -0.114. The monoisotopic (exact) mass is 314 g/mol. The molecule has 0 spiro atoms. The molecule has 0 aliphatic heterocycles. The highest BCUT2D eigenvalue weighted by atomic mass is 16.5. The average molecular weight is 314 g/mol. The molecule has 0 fully saturated rings. The van der Waals surface area contributed by atoms with Gasteiger partial charge in [0.15, 0.2) is 0 Å². The molecule has 0 aliphatic carbocycles. The number of carbonyl (C=O) groups excluding carboxylic acids is 1. The van der Waals surface area contributed by atoms with Crippen LogP contribution < -0.4 is 20.1 Å². The van der Waals surface area contributed by atoms with Crippen molar-refractivity contribution in [3.8, 4) is 11.5 Å². The van der Waals surface area contributed by atoms with E-state index in [2.05, 4.69) is 10.6 Å². The maximum atomic E-state index is 12.0. The largest absolute Gasteiger partial charge is 0.494 e. The summed E-state index contributed by atoms with van der Waals surface area (Å²) in [4.78, 5) is 12.0. The van der Waals surface area contributed by atoms with Crippen molar-refractivity contribution in [2.24, 2.45) is 0 Å². The number of hydrogen-bond donors (Lipinski definition) is 2. The van der Waals surface area contributed by atoms with Crippen LogP contribution in [0.4, 0.5) is 11.4 Å². The van der Waals surface area contributed by atoms with Gasteiger partial charge in [0, 0.05) is 17.4 Å². The Hall–Kier alpha value is -2.69. The van der Waals surface area contributed by atoms with Crippen LogP contribution in [0.25, 0.3) is 0 Å². The summed E-state index contributed by atoms with van der Waals surface area (Å²) >= 11 is 0. The minimum Gasteiger partial charge on any atom is -0.494 e. The summed E-state index contributed by atoms with van der Waals surface area (Å²) < 4.78 is 10.8. The first kappa shape index (κ1) is 16.7. The first-order chi connectivity index (χ1) is 11.2. The van der Waals surface area contributed by atoms with E-state index < -0.39 is 0 Å².